The van der Waals surface area contributed by atoms with Crippen molar-refractivity contribution >= 4 is 5.91 Å². The summed E-state index contributed by atoms with van der Waals surface area (Å²) < 4.78 is 25.2. The molecule has 7 heteroatoms. The molecule has 122 valence electrons. The number of aromatic nitrogens is 2. The lowest BCUT2D eigenvalue weighted by atomic mass is 10.2. The van der Waals surface area contributed by atoms with E-state index in [4.69, 9.17) is 9.47 Å². The Hall–Kier alpha value is -2.41. The molecule has 1 aliphatic heterocycles. The second-order valence-electron chi connectivity index (χ2n) is 5.31. The van der Waals surface area contributed by atoms with Gasteiger partial charge in [0.05, 0.1) is 6.10 Å². The van der Waals surface area contributed by atoms with Crippen LogP contribution in [0.3, 0.4) is 0 Å². The molecule has 1 aromatic heterocycles. The third-order valence-corrected chi connectivity index (χ3v) is 3.56. The molecule has 2 aromatic rings. The molecule has 0 saturated carbocycles. The number of carbonyl (C=O) groups is 1. The zero-order valence-corrected chi connectivity index (χ0v) is 12.6. The second-order valence-corrected chi connectivity index (χ2v) is 5.31. The van der Waals surface area contributed by atoms with E-state index in [2.05, 4.69) is 10.4 Å². The highest BCUT2D eigenvalue weighted by atomic mass is 19.1. The van der Waals surface area contributed by atoms with Crippen molar-refractivity contribution in [1.82, 2.24) is 15.1 Å². The molecular formula is C16H18FN3O3. The van der Waals surface area contributed by atoms with Gasteiger partial charge in [0.1, 0.15) is 17.3 Å². The Bertz CT molecular complexity index is 651. The maximum absolute atomic E-state index is 12.8. The minimum absolute atomic E-state index is 0.0999. The quantitative estimate of drug-likeness (QED) is 0.884. The van der Waals surface area contributed by atoms with Gasteiger partial charge in [-0.25, -0.2) is 9.07 Å². The molecule has 1 fully saturated rings. The summed E-state index contributed by atoms with van der Waals surface area (Å²) in [6.07, 6.45) is 3.77. The number of halogens is 1. The molecule has 0 spiro atoms. The lowest BCUT2D eigenvalue weighted by Crippen LogP contribution is -2.32. The number of amides is 1. The molecule has 2 heterocycles. The zero-order valence-electron chi connectivity index (χ0n) is 12.6. The fourth-order valence-electron chi connectivity index (χ4n) is 2.33. The molecule has 0 aliphatic carbocycles. The maximum Gasteiger partial charge on any atom is 0.271 e. The van der Waals surface area contributed by atoms with Gasteiger partial charge < -0.3 is 14.8 Å². The van der Waals surface area contributed by atoms with Gasteiger partial charge in [-0.1, -0.05) is 0 Å². The molecule has 1 atom stereocenters. The Morgan fingerprint density at radius 1 is 1.39 bits per heavy atom. The van der Waals surface area contributed by atoms with E-state index in [1.54, 1.807) is 12.3 Å². The summed E-state index contributed by atoms with van der Waals surface area (Å²) in [5.74, 6) is -0.0195. The Morgan fingerprint density at radius 2 is 2.22 bits per heavy atom. The van der Waals surface area contributed by atoms with Crippen molar-refractivity contribution in [3.8, 4) is 5.75 Å². The average Bonchev–Trinajstić information content (AvgIpc) is 3.24. The second kappa shape index (κ2) is 7.23. The number of carbonyl (C=O) groups excluding carboxylic acids is 1. The van der Waals surface area contributed by atoms with E-state index in [0.717, 1.165) is 19.4 Å². The van der Waals surface area contributed by atoms with Crippen LogP contribution in [0.15, 0.2) is 36.5 Å². The summed E-state index contributed by atoms with van der Waals surface area (Å²) in [7, 11) is 0. The predicted octanol–water partition coefficient (Wildman–Crippen LogP) is 1.97. The third kappa shape index (κ3) is 4.29. The highest BCUT2D eigenvalue weighted by Gasteiger charge is 2.17. The van der Waals surface area contributed by atoms with Gasteiger partial charge in [0.25, 0.3) is 5.91 Å². The van der Waals surface area contributed by atoms with Crippen molar-refractivity contribution in [2.75, 3.05) is 13.2 Å². The average molecular weight is 319 g/mol. The topological polar surface area (TPSA) is 65.4 Å². The van der Waals surface area contributed by atoms with Gasteiger partial charge in [-0.2, -0.15) is 5.10 Å². The van der Waals surface area contributed by atoms with E-state index in [1.165, 1.54) is 28.9 Å². The molecular weight excluding hydrogens is 301 g/mol. The number of benzene rings is 1. The molecule has 23 heavy (non-hydrogen) atoms. The summed E-state index contributed by atoms with van der Waals surface area (Å²) >= 11 is 0. The number of hydrogen-bond donors (Lipinski definition) is 1. The SMILES string of the molecule is O=C(NCC1CCCO1)c1ccn(COc2ccc(F)cc2)n1. The smallest absolute Gasteiger partial charge is 0.271 e. The molecule has 1 amide bonds. The highest BCUT2D eigenvalue weighted by molar-refractivity contribution is 5.92. The Balaban J connectivity index is 1.48. The first kappa shape index (κ1) is 15.5. The van der Waals surface area contributed by atoms with Crippen LogP contribution in [0.5, 0.6) is 5.75 Å². The van der Waals surface area contributed by atoms with Crippen molar-refractivity contribution in [2.24, 2.45) is 0 Å². The van der Waals surface area contributed by atoms with E-state index in [0.29, 0.717) is 18.0 Å². The van der Waals surface area contributed by atoms with Gasteiger partial charge in [0, 0.05) is 19.3 Å². The summed E-state index contributed by atoms with van der Waals surface area (Å²) in [6, 6.07) is 7.34. The van der Waals surface area contributed by atoms with Crippen molar-refractivity contribution in [1.29, 1.82) is 0 Å². The Kier molecular flexibility index (Phi) is 4.87. The lowest BCUT2D eigenvalue weighted by molar-refractivity contribution is 0.0852. The first-order chi connectivity index (χ1) is 11.2. The van der Waals surface area contributed by atoms with E-state index >= 15 is 0 Å². The maximum atomic E-state index is 12.8. The largest absolute Gasteiger partial charge is 0.471 e. The first-order valence-electron chi connectivity index (χ1n) is 7.52. The van der Waals surface area contributed by atoms with Crippen molar-refractivity contribution in [2.45, 2.75) is 25.7 Å². The molecule has 1 saturated heterocycles. The number of rotatable bonds is 6. The van der Waals surface area contributed by atoms with Gasteiger partial charge in [-0.3, -0.25) is 4.79 Å². The van der Waals surface area contributed by atoms with Crippen molar-refractivity contribution < 1.29 is 18.7 Å². The van der Waals surface area contributed by atoms with Gasteiger partial charge in [0.2, 0.25) is 0 Å². The lowest BCUT2D eigenvalue weighted by Gasteiger charge is -2.09. The minimum Gasteiger partial charge on any atom is -0.471 e. The van der Waals surface area contributed by atoms with E-state index in [1.807, 2.05) is 0 Å². The molecule has 6 nitrogen and oxygen atoms in total. The molecule has 1 aliphatic rings. The summed E-state index contributed by atoms with van der Waals surface area (Å²) in [5, 5.41) is 6.96. The zero-order chi connectivity index (χ0) is 16.1. The van der Waals surface area contributed by atoms with E-state index < -0.39 is 0 Å². The molecule has 0 radical (unpaired) electrons. The molecule has 1 unspecified atom stereocenters. The molecule has 1 N–H and O–H groups in total. The van der Waals surface area contributed by atoms with E-state index in [9.17, 15) is 9.18 Å². The standard InChI is InChI=1S/C16H18FN3O3/c17-12-3-5-13(6-4-12)23-11-20-8-7-15(19-20)16(21)18-10-14-2-1-9-22-14/h3-8,14H,1-2,9-11H2,(H,18,21). The van der Waals surface area contributed by atoms with Crippen LogP contribution in [-0.4, -0.2) is 34.9 Å². The number of hydrogen-bond acceptors (Lipinski definition) is 4. The van der Waals surface area contributed by atoms with Crippen LogP contribution < -0.4 is 10.1 Å². The van der Waals surface area contributed by atoms with Crippen LogP contribution in [0.25, 0.3) is 0 Å². The van der Waals surface area contributed by atoms with Crippen LogP contribution in [0.4, 0.5) is 4.39 Å². The van der Waals surface area contributed by atoms with Gasteiger partial charge in [-0.15, -0.1) is 0 Å². The van der Waals surface area contributed by atoms with Crippen LogP contribution in [-0.2, 0) is 11.5 Å². The molecule has 0 bridgehead atoms. The fraction of sp³-hybridized carbons (Fsp3) is 0.375. The third-order valence-electron chi connectivity index (χ3n) is 3.56. The summed E-state index contributed by atoms with van der Waals surface area (Å²) in [5.41, 5.74) is 0.325. The minimum atomic E-state index is -0.318. The summed E-state index contributed by atoms with van der Waals surface area (Å²) in [6.45, 7) is 1.40. The molecule has 1 aromatic carbocycles. The van der Waals surface area contributed by atoms with Crippen LogP contribution in [0.2, 0.25) is 0 Å². The van der Waals surface area contributed by atoms with E-state index in [-0.39, 0.29) is 24.6 Å². The Morgan fingerprint density at radius 3 is 2.96 bits per heavy atom. The number of nitrogens with zero attached hydrogens (tertiary/aromatic N) is 2. The van der Waals surface area contributed by atoms with Crippen LogP contribution in [0.1, 0.15) is 23.3 Å². The predicted molar refractivity (Wildman–Crippen MR) is 80.6 cm³/mol. The van der Waals surface area contributed by atoms with Crippen LogP contribution >= 0.6 is 0 Å². The van der Waals surface area contributed by atoms with Gasteiger partial charge in [-0.05, 0) is 43.2 Å². The normalized spacial score (nSPS) is 17.2. The van der Waals surface area contributed by atoms with Crippen LogP contribution in [0, 0.1) is 5.82 Å². The highest BCUT2D eigenvalue weighted by Crippen LogP contribution is 2.12. The van der Waals surface area contributed by atoms with Crippen molar-refractivity contribution in [3.63, 3.8) is 0 Å². The Labute approximate surface area is 133 Å². The molecule has 3 rings (SSSR count). The fourth-order valence-corrected chi connectivity index (χ4v) is 2.33. The summed E-state index contributed by atoms with van der Waals surface area (Å²) in [4.78, 5) is 12.0. The van der Waals surface area contributed by atoms with Gasteiger partial charge in [0.15, 0.2) is 6.73 Å². The number of ether oxygens (including phenoxy) is 2. The number of nitrogens with one attached hydrogen (secondary N) is 1. The van der Waals surface area contributed by atoms with Crippen molar-refractivity contribution in [3.05, 3.63) is 48.0 Å². The monoisotopic (exact) mass is 319 g/mol. The first-order valence-corrected chi connectivity index (χ1v) is 7.52. The van der Waals surface area contributed by atoms with Gasteiger partial charge >= 0.3 is 0 Å².